The summed E-state index contributed by atoms with van der Waals surface area (Å²) in [5.41, 5.74) is 5.99. The van der Waals surface area contributed by atoms with E-state index in [0.717, 1.165) is 6.04 Å². The Kier molecular flexibility index (Phi) is 2.14. The second-order valence-corrected chi connectivity index (χ2v) is 4.00. The first-order valence-corrected chi connectivity index (χ1v) is 4.88. The largest absolute Gasteiger partial charge is 0.326 e. The van der Waals surface area contributed by atoms with Crippen LogP contribution in [-0.2, 0) is 0 Å². The van der Waals surface area contributed by atoms with Gasteiger partial charge < -0.3 is 11.1 Å². The van der Waals surface area contributed by atoms with E-state index in [1.165, 1.54) is 38.5 Å². The molecule has 0 aromatic rings. The van der Waals surface area contributed by atoms with Crippen LogP contribution in [0, 0.1) is 0 Å². The minimum absolute atomic E-state index is 0.435. The van der Waals surface area contributed by atoms with Crippen molar-refractivity contribution in [3.05, 3.63) is 0 Å². The predicted octanol–water partition coefficient (Wildman–Crippen LogP) is 1.01. The van der Waals surface area contributed by atoms with Gasteiger partial charge in [-0.15, -0.1) is 0 Å². The van der Waals surface area contributed by atoms with E-state index in [1.54, 1.807) is 0 Å². The van der Waals surface area contributed by atoms with Crippen LogP contribution in [0.15, 0.2) is 0 Å². The van der Waals surface area contributed by atoms with Crippen LogP contribution in [0.4, 0.5) is 0 Å². The van der Waals surface area contributed by atoms with Gasteiger partial charge in [0.1, 0.15) is 0 Å². The minimum atomic E-state index is 0.435. The Morgan fingerprint density at radius 1 is 1.00 bits per heavy atom. The molecule has 0 amide bonds. The van der Waals surface area contributed by atoms with Gasteiger partial charge in [-0.1, -0.05) is 12.8 Å². The molecule has 64 valence electrons. The second kappa shape index (κ2) is 3.11. The monoisotopic (exact) mass is 154 g/mol. The maximum absolute atomic E-state index is 5.99. The van der Waals surface area contributed by atoms with Crippen molar-refractivity contribution in [2.45, 2.75) is 56.7 Å². The third-order valence-electron chi connectivity index (χ3n) is 2.85. The van der Waals surface area contributed by atoms with E-state index in [0.29, 0.717) is 12.1 Å². The van der Waals surface area contributed by atoms with Crippen LogP contribution in [0.25, 0.3) is 0 Å². The molecule has 2 fully saturated rings. The summed E-state index contributed by atoms with van der Waals surface area (Å²) < 4.78 is 0. The highest BCUT2D eigenvalue weighted by Gasteiger charge is 2.28. The van der Waals surface area contributed by atoms with Gasteiger partial charge in [0.25, 0.3) is 0 Å². The number of hydrogen-bond acceptors (Lipinski definition) is 2. The Morgan fingerprint density at radius 2 is 1.73 bits per heavy atom. The van der Waals surface area contributed by atoms with Gasteiger partial charge in [-0.05, 0) is 25.7 Å². The van der Waals surface area contributed by atoms with Gasteiger partial charge in [0.05, 0.1) is 0 Å². The third-order valence-corrected chi connectivity index (χ3v) is 2.85. The van der Waals surface area contributed by atoms with E-state index < -0.39 is 0 Å². The van der Waals surface area contributed by atoms with Crippen LogP contribution in [0.2, 0.25) is 0 Å². The molecule has 11 heavy (non-hydrogen) atoms. The lowest BCUT2D eigenvalue weighted by Gasteiger charge is -2.29. The minimum Gasteiger partial charge on any atom is -0.326 e. The molecule has 0 saturated heterocycles. The molecule has 2 nitrogen and oxygen atoms in total. The summed E-state index contributed by atoms with van der Waals surface area (Å²) in [6.45, 7) is 0. The summed E-state index contributed by atoms with van der Waals surface area (Å²) >= 11 is 0. The molecule has 2 aliphatic rings. The maximum Gasteiger partial charge on any atom is 0.0221 e. The molecular formula is C9H18N2. The molecule has 0 aromatic carbocycles. The van der Waals surface area contributed by atoms with Crippen LogP contribution in [0.1, 0.15) is 38.5 Å². The normalized spacial score (nSPS) is 39.0. The van der Waals surface area contributed by atoms with Gasteiger partial charge in [0.2, 0.25) is 0 Å². The fraction of sp³-hybridized carbons (Fsp3) is 1.00. The zero-order valence-corrected chi connectivity index (χ0v) is 7.05. The maximum atomic E-state index is 5.99. The van der Waals surface area contributed by atoms with Gasteiger partial charge in [-0.3, -0.25) is 0 Å². The summed E-state index contributed by atoms with van der Waals surface area (Å²) in [6, 6.07) is 1.89. The molecule has 2 saturated carbocycles. The van der Waals surface area contributed by atoms with Crippen molar-refractivity contribution >= 4 is 0 Å². The fourth-order valence-electron chi connectivity index (χ4n) is 1.92. The fourth-order valence-corrected chi connectivity index (χ4v) is 1.92. The summed E-state index contributed by atoms with van der Waals surface area (Å²) in [6.07, 6.45) is 8.00. The summed E-state index contributed by atoms with van der Waals surface area (Å²) in [7, 11) is 0. The first-order valence-electron chi connectivity index (χ1n) is 4.88. The first-order chi connectivity index (χ1) is 5.36. The Balaban J connectivity index is 1.78. The quantitative estimate of drug-likeness (QED) is 0.623. The van der Waals surface area contributed by atoms with Gasteiger partial charge in [0, 0.05) is 18.1 Å². The van der Waals surface area contributed by atoms with Gasteiger partial charge >= 0.3 is 0 Å². The van der Waals surface area contributed by atoms with E-state index in [2.05, 4.69) is 5.32 Å². The summed E-state index contributed by atoms with van der Waals surface area (Å²) in [5.74, 6) is 0. The van der Waals surface area contributed by atoms with Crippen molar-refractivity contribution in [3.63, 3.8) is 0 Å². The number of rotatable bonds is 2. The van der Waals surface area contributed by atoms with Crippen molar-refractivity contribution < 1.29 is 0 Å². The van der Waals surface area contributed by atoms with Gasteiger partial charge in [0.15, 0.2) is 0 Å². The van der Waals surface area contributed by atoms with E-state index in [1.807, 2.05) is 0 Å². The third kappa shape index (κ3) is 1.94. The number of nitrogens with two attached hydrogens (primary N) is 1. The van der Waals surface area contributed by atoms with Crippen molar-refractivity contribution in [3.8, 4) is 0 Å². The van der Waals surface area contributed by atoms with Crippen LogP contribution in [0.5, 0.6) is 0 Å². The van der Waals surface area contributed by atoms with Crippen molar-refractivity contribution in [1.29, 1.82) is 0 Å². The number of hydrogen-bond donors (Lipinski definition) is 2. The summed E-state index contributed by atoms with van der Waals surface area (Å²) in [4.78, 5) is 0. The molecule has 2 rings (SSSR count). The predicted molar refractivity (Wildman–Crippen MR) is 46.4 cm³/mol. The number of nitrogens with one attached hydrogen (secondary N) is 1. The first kappa shape index (κ1) is 7.56. The van der Waals surface area contributed by atoms with Crippen LogP contribution in [0.3, 0.4) is 0 Å². The standard InChI is InChI=1S/C9H18N2/c10-8-3-1-2-4-9(8)11-7-5-6-7/h7-9,11H,1-6,10H2/t8-,9+/m1/s1. The van der Waals surface area contributed by atoms with Crippen molar-refractivity contribution in [1.82, 2.24) is 5.32 Å². The van der Waals surface area contributed by atoms with Gasteiger partial charge in [-0.2, -0.15) is 0 Å². The molecule has 0 aliphatic heterocycles. The lowest BCUT2D eigenvalue weighted by molar-refractivity contribution is 0.326. The Hall–Kier alpha value is -0.0800. The summed E-state index contributed by atoms with van der Waals surface area (Å²) in [5, 5.41) is 3.62. The Labute approximate surface area is 68.5 Å². The Bertz CT molecular complexity index is 132. The molecule has 0 aromatic heterocycles. The van der Waals surface area contributed by atoms with E-state index >= 15 is 0 Å². The highest BCUT2D eigenvalue weighted by atomic mass is 15.0. The lowest BCUT2D eigenvalue weighted by Crippen LogP contribution is -2.47. The van der Waals surface area contributed by atoms with Crippen LogP contribution < -0.4 is 11.1 Å². The zero-order chi connectivity index (χ0) is 7.68. The molecule has 0 unspecified atom stereocenters. The molecule has 2 aliphatic carbocycles. The average Bonchev–Trinajstić information content (AvgIpc) is 2.78. The lowest BCUT2D eigenvalue weighted by atomic mass is 9.91. The molecule has 0 heterocycles. The van der Waals surface area contributed by atoms with Crippen molar-refractivity contribution in [2.24, 2.45) is 5.73 Å². The highest BCUT2D eigenvalue weighted by Crippen LogP contribution is 2.24. The highest BCUT2D eigenvalue weighted by molar-refractivity contribution is 4.90. The zero-order valence-electron chi connectivity index (χ0n) is 7.05. The van der Waals surface area contributed by atoms with E-state index in [4.69, 9.17) is 5.73 Å². The van der Waals surface area contributed by atoms with Crippen LogP contribution in [-0.4, -0.2) is 18.1 Å². The SMILES string of the molecule is N[C@@H]1CCCC[C@@H]1NC1CC1. The Morgan fingerprint density at radius 3 is 2.36 bits per heavy atom. The molecular weight excluding hydrogens is 136 g/mol. The molecule has 2 heteroatoms. The van der Waals surface area contributed by atoms with E-state index in [9.17, 15) is 0 Å². The van der Waals surface area contributed by atoms with Gasteiger partial charge in [-0.25, -0.2) is 0 Å². The smallest absolute Gasteiger partial charge is 0.0221 e. The molecule has 3 N–H and O–H groups in total. The van der Waals surface area contributed by atoms with Crippen LogP contribution >= 0.6 is 0 Å². The topological polar surface area (TPSA) is 38.0 Å². The van der Waals surface area contributed by atoms with E-state index in [-0.39, 0.29) is 0 Å². The molecule has 0 radical (unpaired) electrons. The molecule has 0 bridgehead atoms. The average molecular weight is 154 g/mol. The molecule has 0 spiro atoms. The van der Waals surface area contributed by atoms with Crippen molar-refractivity contribution in [2.75, 3.05) is 0 Å². The second-order valence-electron chi connectivity index (χ2n) is 4.00. The molecule has 2 atom stereocenters.